The molecule has 0 aliphatic heterocycles. The standard InChI is InChI=1S/C8H10O9/c9-2-14-4-16-7(12)1-6(11)8(13)17-5-15-3-10/h2-3,6,11H,1,4-5H2. The second kappa shape index (κ2) is 9.09. The Morgan fingerprint density at radius 3 is 2.12 bits per heavy atom. The number of aliphatic hydroxyl groups excluding tert-OH is 1. The van der Waals surface area contributed by atoms with Gasteiger partial charge in [-0.2, -0.15) is 0 Å². The average molecular weight is 250 g/mol. The first-order valence-corrected chi connectivity index (χ1v) is 4.22. The van der Waals surface area contributed by atoms with Crippen molar-refractivity contribution in [2.75, 3.05) is 13.6 Å². The van der Waals surface area contributed by atoms with Crippen molar-refractivity contribution in [3.8, 4) is 0 Å². The summed E-state index contributed by atoms with van der Waals surface area (Å²) >= 11 is 0. The third-order valence-electron chi connectivity index (χ3n) is 1.33. The summed E-state index contributed by atoms with van der Waals surface area (Å²) < 4.78 is 16.6. The highest BCUT2D eigenvalue weighted by atomic mass is 16.7. The van der Waals surface area contributed by atoms with Crippen molar-refractivity contribution in [3.63, 3.8) is 0 Å². The summed E-state index contributed by atoms with van der Waals surface area (Å²) in [5.41, 5.74) is 0. The van der Waals surface area contributed by atoms with E-state index in [1.54, 1.807) is 0 Å². The van der Waals surface area contributed by atoms with Crippen LogP contribution in [0, 0.1) is 0 Å². The molecule has 0 amide bonds. The quantitative estimate of drug-likeness (QED) is 0.216. The molecule has 0 rings (SSSR count). The molecule has 0 radical (unpaired) electrons. The van der Waals surface area contributed by atoms with Crippen molar-refractivity contribution >= 4 is 24.9 Å². The lowest BCUT2D eigenvalue weighted by Gasteiger charge is -2.09. The molecule has 1 unspecified atom stereocenters. The van der Waals surface area contributed by atoms with Crippen LogP contribution in [0.4, 0.5) is 0 Å². The monoisotopic (exact) mass is 250 g/mol. The van der Waals surface area contributed by atoms with Crippen LogP contribution < -0.4 is 0 Å². The van der Waals surface area contributed by atoms with Crippen LogP contribution in [0.25, 0.3) is 0 Å². The summed E-state index contributed by atoms with van der Waals surface area (Å²) in [5, 5.41) is 9.11. The molecule has 0 aliphatic rings. The van der Waals surface area contributed by atoms with E-state index in [0.717, 1.165) is 0 Å². The van der Waals surface area contributed by atoms with Gasteiger partial charge in [-0.15, -0.1) is 0 Å². The number of hydrogen-bond acceptors (Lipinski definition) is 9. The number of rotatable bonds is 9. The molecule has 0 aromatic heterocycles. The number of carbonyl (C=O) groups is 4. The van der Waals surface area contributed by atoms with Crippen LogP contribution in [0.15, 0.2) is 0 Å². The minimum Gasteiger partial charge on any atom is -0.430 e. The van der Waals surface area contributed by atoms with E-state index >= 15 is 0 Å². The predicted octanol–water partition coefficient (Wildman–Crippen LogP) is -1.92. The zero-order chi connectivity index (χ0) is 13.1. The van der Waals surface area contributed by atoms with E-state index in [0.29, 0.717) is 0 Å². The first-order chi connectivity index (χ1) is 8.11. The summed E-state index contributed by atoms with van der Waals surface area (Å²) in [5.74, 6) is -2.12. The molecule has 9 nitrogen and oxygen atoms in total. The minimum atomic E-state index is -1.76. The van der Waals surface area contributed by atoms with Gasteiger partial charge in [0.15, 0.2) is 6.10 Å². The second-order valence-electron chi connectivity index (χ2n) is 2.46. The van der Waals surface area contributed by atoms with Crippen LogP contribution in [0.5, 0.6) is 0 Å². The Labute approximate surface area is 95.2 Å². The maximum absolute atomic E-state index is 10.9. The molecule has 1 atom stereocenters. The zero-order valence-corrected chi connectivity index (χ0v) is 8.57. The van der Waals surface area contributed by atoms with E-state index in [-0.39, 0.29) is 12.9 Å². The van der Waals surface area contributed by atoms with Gasteiger partial charge >= 0.3 is 11.9 Å². The summed E-state index contributed by atoms with van der Waals surface area (Å²) in [6.45, 7) is -1.17. The Kier molecular flexibility index (Phi) is 7.94. The zero-order valence-electron chi connectivity index (χ0n) is 8.57. The van der Waals surface area contributed by atoms with E-state index in [1.807, 2.05) is 0 Å². The van der Waals surface area contributed by atoms with Gasteiger partial charge in [0.25, 0.3) is 12.9 Å². The van der Waals surface area contributed by atoms with Gasteiger partial charge < -0.3 is 24.1 Å². The van der Waals surface area contributed by atoms with Gasteiger partial charge in [-0.25, -0.2) is 4.79 Å². The van der Waals surface area contributed by atoms with Crippen molar-refractivity contribution in [1.29, 1.82) is 0 Å². The molecule has 0 spiro atoms. The molecule has 0 saturated carbocycles. The average Bonchev–Trinajstić information content (AvgIpc) is 2.29. The number of ether oxygens (including phenoxy) is 4. The molecule has 0 heterocycles. The van der Waals surface area contributed by atoms with Gasteiger partial charge in [0.1, 0.15) is 0 Å². The van der Waals surface area contributed by atoms with Crippen LogP contribution in [0.3, 0.4) is 0 Å². The summed E-state index contributed by atoms with van der Waals surface area (Å²) in [6, 6.07) is 0. The van der Waals surface area contributed by atoms with Crippen molar-refractivity contribution in [1.82, 2.24) is 0 Å². The lowest BCUT2D eigenvalue weighted by molar-refractivity contribution is -0.174. The Morgan fingerprint density at radius 1 is 1.06 bits per heavy atom. The Hall–Kier alpha value is -2.16. The van der Waals surface area contributed by atoms with Gasteiger partial charge in [0, 0.05) is 0 Å². The van der Waals surface area contributed by atoms with Gasteiger partial charge in [0.05, 0.1) is 6.42 Å². The summed E-state index contributed by atoms with van der Waals surface area (Å²) in [6.07, 6.45) is -2.43. The molecule has 1 N–H and O–H groups in total. The van der Waals surface area contributed by atoms with Crippen LogP contribution in [-0.2, 0) is 38.1 Å². The van der Waals surface area contributed by atoms with Crippen molar-refractivity contribution in [2.45, 2.75) is 12.5 Å². The lowest BCUT2D eigenvalue weighted by atomic mass is 10.2. The SMILES string of the molecule is O=COCOC(=O)CC(O)C(=O)OCOC=O. The van der Waals surface area contributed by atoms with Crippen LogP contribution >= 0.6 is 0 Å². The molecule has 0 aromatic carbocycles. The molecule has 96 valence electrons. The van der Waals surface area contributed by atoms with E-state index < -0.39 is 38.0 Å². The highest BCUT2D eigenvalue weighted by Crippen LogP contribution is 1.98. The second-order valence-corrected chi connectivity index (χ2v) is 2.46. The van der Waals surface area contributed by atoms with E-state index in [1.165, 1.54) is 0 Å². The molecule has 0 aromatic rings. The minimum absolute atomic E-state index is 0.0463. The fraction of sp³-hybridized carbons (Fsp3) is 0.500. The van der Waals surface area contributed by atoms with Gasteiger partial charge in [-0.05, 0) is 0 Å². The Morgan fingerprint density at radius 2 is 1.59 bits per heavy atom. The van der Waals surface area contributed by atoms with E-state index in [4.69, 9.17) is 5.11 Å². The molecule has 17 heavy (non-hydrogen) atoms. The van der Waals surface area contributed by atoms with Crippen LogP contribution in [-0.4, -0.2) is 49.7 Å². The van der Waals surface area contributed by atoms with E-state index in [9.17, 15) is 19.2 Å². The van der Waals surface area contributed by atoms with Gasteiger partial charge in [0.2, 0.25) is 13.6 Å². The molecule has 9 heteroatoms. The molecular weight excluding hydrogens is 240 g/mol. The third-order valence-corrected chi connectivity index (χ3v) is 1.33. The first-order valence-electron chi connectivity index (χ1n) is 4.22. The lowest BCUT2D eigenvalue weighted by Crippen LogP contribution is -2.27. The van der Waals surface area contributed by atoms with Crippen LogP contribution in [0.1, 0.15) is 6.42 Å². The smallest absolute Gasteiger partial charge is 0.338 e. The van der Waals surface area contributed by atoms with Crippen LogP contribution in [0.2, 0.25) is 0 Å². The normalized spacial score (nSPS) is 10.9. The summed E-state index contributed by atoms with van der Waals surface area (Å²) in [7, 11) is 0. The predicted molar refractivity (Wildman–Crippen MR) is 46.8 cm³/mol. The number of hydrogen-bond donors (Lipinski definition) is 1. The Bertz CT molecular complexity index is 274. The number of esters is 2. The summed E-state index contributed by atoms with van der Waals surface area (Å²) in [4.78, 5) is 41.2. The molecule has 0 bridgehead atoms. The topological polar surface area (TPSA) is 125 Å². The highest BCUT2D eigenvalue weighted by molar-refractivity contribution is 5.81. The maximum Gasteiger partial charge on any atom is 0.338 e. The maximum atomic E-state index is 10.9. The highest BCUT2D eigenvalue weighted by Gasteiger charge is 2.21. The fourth-order valence-corrected chi connectivity index (χ4v) is 0.644. The number of aliphatic hydroxyl groups is 1. The largest absolute Gasteiger partial charge is 0.430 e. The van der Waals surface area contributed by atoms with Crippen molar-refractivity contribution in [3.05, 3.63) is 0 Å². The van der Waals surface area contributed by atoms with E-state index in [2.05, 4.69) is 18.9 Å². The number of carbonyl (C=O) groups excluding carboxylic acids is 4. The Balaban J connectivity index is 3.77. The fourth-order valence-electron chi connectivity index (χ4n) is 0.644. The van der Waals surface area contributed by atoms with Crippen molar-refractivity contribution in [2.24, 2.45) is 0 Å². The molecular formula is C8H10O9. The van der Waals surface area contributed by atoms with Gasteiger partial charge in [-0.3, -0.25) is 14.4 Å². The molecule has 0 fully saturated rings. The molecule has 0 saturated heterocycles. The van der Waals surface area contributed by atoms with Crippen molar-refractivity contribution < 1.29 is 43.2 Å². The third kappa shape index (κ3) is 7.73. The van der Waals surface area contributed by atoms with Gasteiger partial charge in [-0.1, -0.05) is 0 Å². The molecule has 0 aliphatic carbocycles. The first kappa shape index (κ1) is 14.8.